The molecule has 7 nitrogen and oxygen atoms in total. The van der Waals surface area contributed by atoms with Crippen molar-refractivity contribution in [2.45, 2.75) is 6.92 Å². The van der Waals surface area contributed by atoms with Crippen LogP contribution >= 0.6 is 0 Å². The Morgan fingerprint density at radius 1 is 0.893 bits per heavy atom. The van der Waals surface area contributed by atoms with Crippen LogP contribution in [0.2, 0.25) is 0 Å². The molecule has 0 atom stereocenters. The number of nitrogens with one attached hydrogen (secondary N) is 3. The lowest BCUT2D eigenvalue weighted by Crippen LogP contribution is -2.07. The summed E-state index contributed by atoms with van der Waals surface area (Å²) in [6.45, 7) is 1.46. The number of aromatic amines is 2. The highest BCUT2D eigenvalue weighted by Gasteiger charge is 2.13. The van der Waals surface area contributed by atoms with Gasteiger partial charge >= 0.3 is 0 Å². The molecule has 3 N–H and O–H groups in total. The van der Waals surface area contributed by atoms with E-state index in [1.165, 1.54) is 6.92 Å². The van der Waals surface area contributed by atoms with Crippen LogP contribution in [0.15, 0.2) is 61.3 Å². The summed E-state index contributed by atoms with van der Waals surface area (Å²) in [4.78, 5) is 30.8. The smallest absolute Gasteiger partial charge is 0.222 e. The van der Waals surface area contributed by atoms with E-state index in [1.54, 1.807) is 12.4 Å². The normalized spacial score (nSPS) is 11.2. The number of hydrogen-bond donors (Lipinski definition) is 3. The molecular formula is C21H16N6O. The van der Waals surface area contributed by atoms with Crippen molar-refractivity contribution in [3.63, 3.8) is 0 Å². The number of fused-ring (bicyclic) bond motifs is 2. The molecule has 5 aromatic heterocycles. The van der Waals surface area contributed by atoms with Crippen molar-refractivity contribution in [2.24, 2.45) is 0 Å². The molecule has 5 aromatic rings. The van der Waals surface area contributed by atoms with Crippen LogP contribution < -0.4 is 5.32 Å². The third-order valence-corrected chi connectivity index (χ3v) is 4.68. The van der Waals surface area contributed by atoms with Crippen molar-refractivity contribution < 1.29 is 4.79 Å². The molecule has 0 saturated carbocycles. The lowest BCUT2D eigenvalue weighted by Gasteiger charge is -2.06. The van der Waals surface area contributed by atoms with Crippen LogP contribution in [0.25, 0.3) is 44.3 Å². The molecule has 0 fully saturated rings. The van der Waals surface area contributed by atoms with E-state index in [2.05, 4.69) is 36.3 Å². The number of amides is 1. The summed E-state index contributed by atoms with van der Waals surface area (Å²) in [7, 11) is 0. The largest absolute Gasteiger partial charge is 0.346 e. The highest BCUT2D eigenvalue weighted by molar-refractivity contribution is 6.03. The number of nitrogens with zero attached hydrogens (tertiary/aromatic N) is 3. The van der Waals surface area contributed by atoms with Crippen LogP contribution in [0.4, 0.5) is 5.82 Å². The minimum absolute atomic E-state index is 0.153. The molecule has 0 saturated heterocycles. The Bertz CT molecular complexity index is 1330. The molecule has 0 aromatic carbocycles. The van der Waals surface area contributed by atoms with E-state index in [-0.39, 0.29) is 5.91 Å². The number of anilines is 1. The van der Waals surface area contributed by atoms with Gasteiger partial charge in [0, 0.05) is 59.8 Å². The first kappa shape index (κ1) is 16.2. The Labute approximate surface area is 159 Å². The molecule has 0 aliphatic heterocycles. The van der Waals surface area contributed by atoms with Crippen LogP contribution in [0.1, 0.15) is 6.92 Å². The van der Waals surface area contributed by atoms with Gasteiger partial charge in [0.25, 0.3) is 0 Å². The van der Waals surface area contributed by atoms with Crippen molar-refractivity contribution in [1.29, 1.82) is 0 Å². The number of carbonyl (C=O) groups excluding carboxylic acids is 1. The first-order valence-electron chi connectivity index (χ1n) is 8.82. The zero-order chi connectivity index (χ0) is 19.1. The molecule has 5 rings (SSSR count). The molecule has 0 aliphatic carbocycles. The maximum Gasteiger partial charge on any atom is 0.222 e. The lowest BCUT2D eigenvalue weighted by molar-refractivity contribution is -0.114. The van der Waals surface area contributed by atoms with Crippen LogP contribution in [0.5, 0.6) is 0 Å². The second-order valence-corrected chi connectivity index (χ2v) is 6.53. The lowest BCUT2D eigenvalue weighted by atomic mass is 10.0. The van der Waals surface area contributed by atoms with Gasteiger partial charge in [0.1, 0.15) is 17.1 Å². The number of carbonyl (C=O) groups is 1. The first-order chi connectivity index (χ1) is 13.7. The van der Waals surface area contributed by atoms with Gasteiger partial charge in [-0.25, -0.2) is 15.0 Å². The minimum atomic E-state index is -0.153. The van der Waals surface area contributed by atoms with Gasteiger partial charge < -0.3 is 15.3 Å². The van der Waals surface area contributed by atoms with Gasteiger partial charge in [-0.2, -0.15) is 0 Å². The van der Waals surface area contributed by atoms with Gasteiger partial charge in [-0.05, 0) is 41.5 Å². The first-order valence-corrected chi connectivity index (χ1v) is 8.82. The fourth-order valence-corrected chi connectivity index (χ4v) is 3.44. The van der Waals surface area contributed by atoms with Gasteiger partial charge in [0.15, 0.2) is 0 Å². The average Bonchev–Trinajstić information content (AvgIpc) is 3.34. The molecule has 1 amide bonds. The van der Waals surface area contributed by atoms with E-state index < -0.39 is 0 Å². The van der Waals surface area contributed by atoms with Crippen LogP contribution in [-0.2, 0) is 4.79 Å². The summed E-state index contributed by atoms with van der Waals surface area (Å²) in [6.07, 6.45) is 9.15. The molecule has 7 heteroatoms. The van der Waals surface area contributed by atoms with Crippen molar-refractivity contribution in [2.75, 3.05) is 5.32 Å². The van der Waals surface area contributed by atoms with E-state index in [0.29, 0.717) is 5.82 Å². The molecule has 0 bridgehead atoms. The standard InChI is InChI=1S/C21H16N6O/c1-12(28)27-19-9-13(2-5-22-19)14-8-17-18(11-26-21(17)25-10-14)15-3-6-23-20-16(15)4-7-24-20/h2-11H,1H3,(H,23,24)(H,25,26)(H,22,27,28). The van der Waals surface area contributed by atoms with Gasteiger partial charge in [0.2, 0.25) is 5.91 Å². The fraction of sp³-hybridized carbons (Fsp3) is 0.0476. The number of aromatic nitrogens is 5. The van der Waals surface area contributed by atoms with E-state index >= 15 is 0 Å². The monoisotopic (exact) mass is 368 g/mol. The number of H-pyrrole nitrogens is 2. The molecule has 0 unspecified atom stereocenters. The third kappa shape index (κ3) is 2.69. The topological polar surface area (TPSA) is 99.4 Å². The Morgan fingerprint density at radius 2 is 1.75 bits per heavy atom. The van der Waals surface area contributed by atoms with Gasteiger partial charge in [-0.3, -0.25) is 4.79 Å². The zero-order valence-electron chi connectivity index (χ0n) is 15.0. The van der Waals surface area contributed by atoms with E-state index in [4.69, 9.17) is 0 Å². The SMILES string of the molecule is CC(=O)Nc1cc(-c2cnc3[nH]cc(-c4ccnc5[nH]ccc45)c3c2)ccn1. The van der Waals surface area contributed by atoms with Crippen molar-refractivity contribution in [3.05, 3.63) is 61.3 Å². The maximum atomic E-state index is 11.3. The number of pyridine rings is 3. The molecule has 5 heterocycles. The summed E-state index contributed by atoms with van der Waals surface area (Å²) in [5, 5.41) is 4.79. The maximum absolute atomic E-state index is 11.3. The highest BCUT2D eigenvalue weighted by atomic mass is 16.1. The summed E-state index contributed by atoms with van der Waals surface area (Å²) in [6, 6.07) is 9.87. The van der Waals surface area contributed by atoms with Crippen LogP contribution in [0.3, 0.4) is 0 Å². The van der Waals surface area contributed by atoms with E-state index in [9.17, 15) is 4.79 Å². The minimum Gasteiger partial charge on any atom is -0.346 e. The average molecular weight is 368 g/mol. The highest BCUT2D eigenvalue weighted by Crippen LogP contribution is 2.34. The second-order valence-electron chi connectivity index (χ2n) is 6.53. The predicted octanol–water partition coefficient (Wildman–Crippen LogP) is 4.13. The van der Waals surface area contributed by atoms with Crippen molar-refractivity contribution >= 4 is 33.8 Å². The summed E-state index contributed by atoms with van der Waals surface area (Å²) >= 11 is 0. The van der Waals surface area contributed by atoms with Crippen LogP contribution in [0, 0.1) is 0 Å². The number of hydrogen-bond acceptors (Lipinski definition) is 4. The summed E-state index contributed by atoms with van der Waals surface area (Å²) in [5.41, 5.74) is 5.70. The van der Waals surface area contributed by atoms with E-state index in [0.717, 1.165) is 44.3 Å². The molecule has 0 spiro atoms. The number of rotatable bonds is 3. The third-order valence-electron chi connectivity index (χ3n) is 4.68. The Morgan fingerprint density at radius 3 is 2.64 bits per heavy atom. The van der Waals surface area contributed by atoms with Gasteiger partial charge in [-0.15, -0.1) is 0 Å². The quantitative estimate of drug-likeness (QED) is 0.446. The van der Waals surface area contributed by atoms with Gasteiger partial charge in [0.05, 0.1) is 0 Å². The van der Waals surface area contributed by atoms with Crippen molar-refractivity contribution in [1.82, 2.24) is 24.9 Å². The summed E-state index contributed by atoms with van der Waals surface area (Å²) < 4.78 is 0. The molecule has 0 aliphatic rings. The predicted molar refractivity (Wildman–Crippen MR) is 109 cm³/mol. The summed E-state index contributed by atoms with van der Waals surface area (Å²) in [5.74, 6) is 0.363. The Hall–Kier alpha value is -4.00. The molecular weight excluding hydrogens is 352 g/mol. The molecule has 136 valence electrons. The Balaban J connectivity index is 1.65. The van der Waals surface area contributed by atoms with Crippen LogP contribution in [-0.4, -0.2) is 30.8 Å². The molecule has 28 heavy (non-hydrogen) atoms. The van der Waals surface area contributed by atoms with Crippen molar-refractivity contribution in [3.8, 4) is 22.3 Å². The molecule has 0 radical (unpaired) electrons. The Kier molecular flexibility index (Phi) is 3.65. The second kappa shape index (κ2) is 6.31. The van der Waals surface area contributed by atoms with Gasteiger partial charge in [-0.1, -0.05) is 0 Å². The fourth-order valence-electron chi connectivity index (χ4n) is 3.44. The zero-order valence-corrected chi connectivity index (χ0v) is 15.0. The van der Waals surface area contributed by atoms with E-state index in [1.807, 2.05) is 42.9 Å².